The Morgan fingerprint density at radius 2 is 1.84 bits per heavy atom. The van der Waals surface area contributed by atoms with Crippen LogP contribution in [0.25, 0.3) is 22.3 Å². The molecule has 10 nitrogen and oxygen atoms in total. The van der Waals surface area contributed by atoms with Gasteiger partial charge < -0.3 is 20.7 Å². The Labute approximate surface area is 246 Å². The topological polar surface area (TPSA) is 128 Å². The molecule has 0 aliphatic carbocycles. The molecule has 1 aliphatic heterocycles. The average molecular weight is 596 g/mol. The Kier molecular flexibility index (Phi) is 8.00. The van der Waals surface area contributed by atoms with E-state index in [0.717, 1.165) is 25.0 Å². The number of nitrogens with one attached hydrogen (secondary N) is 1. The second-order valence-corrected chi connectivity index (χ2v) is 11.4. The number of anilines is 1. The van der Waals surface area contributed by atoms with Crippen molar-refractivity contribution in [2.45, 2.75) is 58.0 Å². The molecule has 0 spiro atoms. The molecule has 0 bridgehead atoms. The molecule has 0 radical (unpaired) electrons. The number of hydrogen-bond acceptors (Lipinski definition) is 7. The zero-order valence-electron chi connectivity index (χ0n) is 24.0. The van der Waals surface area contributed by atoms with Gasteiger partial charge in [-0.1, -0.05) is 24.3 Å². The molecular weight excluding hydrogens is 563 g/mol. The fourth-order valence-electron chi connectivity index (χ4n) is 5.00. The molecule has 13 heteroatoms. The standard InChI is InChI=1S/C30H32F3N7O3/c1-29(2,3)43-28(42)39-13-5-8-22(16-39)40-26-23(25(34)36-17-37-26)24(38-40)19-6-4-7-20(14-19)27(41)35-15-18-9-11-21(12-10-18)30(31,32)33/h4,6-7,9-12,14,17,22H,5,8,13,15-16H2,1-3H3,(H,35,41)(H2,34,36,37)/t22-/m1/s1. The molecule has 4 aromatic rings. The van der Waals surface area contributed by atoms with Gasteiger partial charge in [0.2, 0.25) is 0 Å². The van der Waals surface area contributed by atoms with Crippen molar-refractivity contribution in [3.05, 3.63) is 71.5 Å². The normalized spacial score (nSPS) is 15.9. The SMILES string of the molecule is CC(C)(C)OC(=O)N1CCC[C@@H](n2nc(-c3cccc(C(=O)NCc4ccc(C(F)(F)F)cc4)c3)c3c(N)ncnc32)C1. The summed E-state index contributed by atoms with van der Waals surface area (Å²) in [6.45, 7) is 6.46. The summed E-state index contributed by atoms with van der Waals surface area (Å²) in [4.78, 5) is 36.1. The number of nitrogens with zero attached hydrogens (tertiary/aromatic N) is 5. The first kappa shape index (κ1) is 29.8. The summed E-state index contributed by atoms with van der Waals surface area (Å²) in [5, 5.41) is 8.14. The van der Waals surface area contributed by atoms with E-state index in [9.17, 15) is 22.8 Å². The van der Waals surface area contributed by atoms with E-state index in [2.05, 4.69) is 15.3 Å². The maximum absolute atomic E-state index is 13.0. The fraction of sp³-hybridized carbons (Fsp3) is 0.367. The van der Waals surface area contributed by atoms with Gasteiger partial charge in [-0.15, -0.1) is 0 Å². The third-order valence-corrected chi connectivity index (χ3v) is 7.04. The van der Waals surface area contributed by atoms with E-state index in [-0.39, 0.29) is 18.4 Å². The van der Waals surface area contributed by atoms with Crippen molar-refractivity contribution in [1.29, 1.82) is 0 Å². The highest BCUT2D eigenvalue weighted by Crippen LogP contribution is 2.34. The highest BCUT2D eigenvalue weighted by Gasteiger charge is 2.32. The molecule has 1 aliphatic rings. The van der Waals surface area contributed by atoms with Gasteiger partial charge in [0, 0.05) is 30.8 Å². The minimum absolute atomic E-state index is 0.0510. The number of ether oxygens (including phenoxy) is 1. The second-order valence-electron chi connectivity index (χ2n) is 11.4. The molecule has 1 atom stereocenters. The highest BCUT2D eigenvalue weighted by molar-refractivity contribution is 6.00. The van der Waals surface area contributed by atoms with Crippen LogP contribution in [0.4, 0.5) is 23.8 Å². The lowest BCUT2D eigenvalue weighted by Gasteiger charge is -2.34. The molecule has 2 aromatic heterocycles. The quantitative estimate of drug-likeness (QED) is 0.308. The Balaban J connectivity index is 1.39. The van der Waals surface area contributed by atoms with Crippen LogP contribution < -0.4 is 11.1 Å². The lowest BCUT2D eigenvalue weighted by molar-refractivity contribution is -0.137. The van der Waals surface area contributed by atoms with Gasteiger partial charge in [0.1, 0.15) is 23.4 Å². The lowest BCUT2D eigenvalue weighted by atomic mass is 10.1. The molecule has 1 saturated heterocycles. The minimum atomic E-state index is -4.43. The molecule has 3 heterocycles. The summed E-state index contributed by atoms with van der Waals surface area (Å²) < 4.78 is 45.9. The number of aromatic nitrogens is 4. The van der Waals surface area contributed by atoms with E-state index in [0.29, 0.717) is 46.5 Å². The molecule has 2 aromatic carbocycles. The monoisotopic (exact) mass is 595 g/mol. The third kappa shape index (κ3) is 6.71. The van der Waals surface area contributed by atoms with Gasteiger partial charge in [-0.2, -0.15) is 18.3 Å². The van der Waals surface area contributed by atoms with E-state index >= 15 is 0 Å². The van der Waals surface area contributed by atoms with Crippen LogP contribution in [-0.4, -0.2) is 55.3 Å². The van der Waals surface area contributed by atoms with Gasteiger partial charge >= 0.3 is 12.3 Å². The number of nitrogens with two attached hydrogens (primary N) is 1. The van der Waals surface area contributed by atoms with Crippen molar-refractivity contribution >= 4 is 28.9 Å². The number of carbonyl (C=O) groups excluding carboxylic acids is 2. The van der Waals surface area contributed by atoms with Crippen molar-refractivity contribution in [3.63, 3.8) is 0 Å². The number of piperidine rings is 1. The maximum atomic E-state index is 13.0. The average Bonchev–Trinajstić information content (AvgIpc) is 3.36. The Hall–Kier alpha value is -4.68. The molecule has 5 rings (SSSR count). The molecule has 0 unspecified atom stereocenters. The Bertz CT molecular complexity index is 1650. The zero-order valence-corrected chi connectivity index (χ0v) is 24.0. The predicted octanol–water partition coefficient (Wildman–Crippen LogP) is 5.60. The summed E-state index contributed by atoms with van der Waals surface area (Å²) >= 11 is 0. The minimum Gasteiger partial charge on any atom is -0.444 e. The van der Waals surface area contributed by atoms with Gasteiger partial charge in [0.05, 0.1) is 17.0 Å². The van der Waals surface area contributed by atoms with Crippen molar-refractivity contribution in [1.82, 2.24) is 30.0 Å². The number of hydrogen-bond donors (Lipinski definition) is 2. The van der Waals surface area contributed by atoms with Crippen LogP contribution in [0, 0.1) is 0 Å². The molecular formula is C30H32F3N7O3. The molecule has 43 heavy (non-hydrogen) atoms. The van der Waals surface area contributed by atoms with Crippen LogP contribution in [0.3, 0.4) is 0 Å². The second kappa shape index (κ2) is 11.5. The number of alkyl halides is 3. The highest BCUT2D eigenvalue weighted by atomic mass is 19.4. The fourth-order valence-corrected chi connectivity index (χ4v) is 5.00. The molecule has 1 fully saturated rings. The summed E-state index contributed by atoms with van der Waals surface area (Å²) in [6, 6.07) is 11.2. The van der Waals surface area contributed by atoms with E-state index in [4.69, 9.17) is 15.6 Å². The van der Waals surface area contributed by atoms with Crippen molar-refractivity contribution in [3.8, 4) is 11.3 Å². The number of fused-ring (bicyclic) bond motifs is 1. The van der Waals surface area contributed by atoms with Crippen LogP contribution in [-0.2, 0) is 17.5 Å². The zero-order chi connectivity index (χ0) is 30.9. The number of carbonyl (C=O) groups is 2. The summed E-state index contributed by atoms with van der Waals surface area (Å²) in [5.74, 6) is -0.182. The molecule has 226 valence electrons. The Morgan fingerprint density at radius 3 is 2.53 bits per heavy atom. The van der Waals surface area contributed by atoms with Crippen LogP contribution >= 0.6 is 0 Å². The first-order valence-corrected chi connectivity index (χ1v) is 13.8. The van der Waals surface area contributed by atoms with Gasteiger partial charge in [-0.05, 0) is 63.4 Å². The lowest BCUT2D eigenvalue weighted by Crippen LogP contribution is -2.43. The van der Waals surface area contributed by atoms with Crippen molar-refractivity contribution < 1.29 is 27.5 Å². The van der Waals surface area contributed by atoms with E-state index in [1.807, 2.05) is 20.8 Å². The number of amides is 2. The smallest absolute Gasteiger partial charge is 0.416 e. The van der Waals surface area contributed by atoms with Gasteiger partial charge in [0.15, 0.2) is 5.65 Å². The first-order valence-electron chi connectivity index (χ1n) is 13.8. The predicted molar refractivity (Wildman–Crippen MR) is 154 cm³/mol. The van der Waals surface area contributed by atoms with Gasteiger partial charge in [-0.25, -0.2) is 19.4 Å². The van der Waals surface area contributed by atoms with Crippen LogP contribution in [0.15, 0.2) is 54.9 Å². The van der Waals surface area contributed by atoms with Crippen molar-refractivity contribution in [2.24, 2.45) is 0 Å². The van der Waals surface area contributed by atoms with Crippen LogP contribution in [0.5, 0.6) is 0 Å². The van der Waals surface area contributed by atoms with Gasteiger partial charge in [0.25, 0.3) is 5.91 Å². The number of benzene rings is 2. The van der Waals surface area contributed by atoms with Gasteiger partial charge in [-0.3, -0.25) is 4.79 Å². The number of likely N-dealkylation sites (tertiary alicyclic amines) is 1. The van der Waals surface area contributed by atoms with Crippen LogP contribution in [0.1, 0.15) is 61.1 Å². The summed E-state index contributed by atoms with van der Waals surface area (Å²) in [7, 11) is 0. The molecule has 3 N–H and O–H groups in total. The van der Waals surface area contributed by atoms with Crippen LogP contribution in [0.2, 0.25) is 0 Å². The van der Waals surface area contributed by atoms with E-state index in [1.54, 1.807) is 33.8 Å². The van der Waals surface area contributed by atoms with Crippen molar-refractivity contribution in [2.75, 3.05) is 18.8 Å². The molecule has 2 amide bonds. The maximum Gasteiger partial charge on any atom is 0.416 e. The van der Waals surface area contributed by atoms with E-state index < -0.39 is 29.3 Å². The largest absolute Gasteiger partial charge is 0.444 e. The number of rotatable bonds is 5. The summed E-state index contributed by atoms with van der Waals surface area (Å²) in [6.07, 6.45) is -1.96. The number of nitrogen functional groups attached to an aromatic ring is 1. The third-order valence-electron chi connectivity index (χ3n) is 7.04. The Morgan fingerprint density at radius 1 is 1.09 bits per heavy atom. The first-order chi connectivity index (χ1) is 20.3. The van der Waals surface area contributed by atoms with E-state index in [1.165, 1.54) is 18.5 Å². The summed E-state index contributed by atoms with van der Waals surface area (Å²) in [5.41, 5.74) is 7.38. The number of halogens is 3. The molecule has 0 saturated carbocycles.